The van der Waals surface area contributed by atoms with Gasteiger partial charge in [0.1, 0.15) is 11.5 Å². The van der Waals surface area contributed by atoms with Gasteiger partial charge in [0.2, 0.25) is 11.8 Å². The van der Waals surface area contributed by atoms with Crippen LogP contribution in [0.1, 0.15) is 32.4 Å². The van der Waals surface area contributed by atoms with Crippen molar-refractivity contribution in [2.75, 3.05) is 0 Å². The summed E-state index contributed by atoms with van der Waals surface area (Å²) in [5.74, 6) is 1.36. The summed E-state index contributed by atoms with van der Waals surface area (Å²) >= 11 is 0. The van der Waals surface area contributed by atoms with Crippen molar-refractivity contribution in [3.63, 3.8) is 0 Å². The molecule has 1 aromatic carbocycles. The average Bonchev–Trinajstić information content (AvgIpc) is 3.00. The molecule has 5 nitrogen and oxygen atoms in total. The molecule has 0 unspecified atom stereocenters. The summed E-state index contributed by atoms with van der Waals surface area (Å²) in [6, 6.07) is 13.6. The molecule has 2 amide bonds. The van der Waals surface area contributed by atoms with Gasteiger partial charge in [0.15, 0.2) is 0 Å². The highest BCUT2D eigenvalue weighted by molar-refractivity contribution is 5.82. The number of amides is 2. The number of aryl methyl sites for hydroxylation is 1. The van der Waals surface area contributed by atoms with Crippen LogP contribution in [0.15, 0.2) is 46.9 Å². The number of rotatable bonds is 6. The molecule has 0 saturated heterocycles. The van der Waals surface area contributed by atoms with Crippen molar-refractivity contribution in [3.05, 3.63) is 48.2 Å². The second kappa shape index (κ2) is 8.17. The van der Waals surface area contributed by atoms with Crippen molar-refractivity contribution >= 4 is 11.8 Å². The zero-order valence-electron chi connectivity index (χ0n) is 13.5. The van der Waals surface area contributed by atoms with Gasteiger partial charge < -0.3 is 4.42 Å². The first-order valence-corrected chi connectivity index (χ1v) is 7.76. The first kappa shape index (κ1) is 16.8. The minimum Gasteiger partial charge on any atom is -0.461 e. The number of nitrogens with one attached hydrogen (secondary N) is 2. The van der Waals surface area contributed by atoms with Crippen LogP contribution in [0.2, 0.25) is 0 Å². The second-order valence-corrected chi connectivity index (χ2v) is 5.83. The van der Waals surface area contributed by atoms with E-state index in [0.717, 1.165) is 17.1 Å². The van der Waals surface area contributed by atoms with Gasteiger partial charge in [-0.15, -0.1) is 0 Å². The lowest BCUT2D eigenvalue weighted by Gasteiger charge is -2.08. The number of hydrogen-bond donors (Lipinski definition) is 2. The highest BCUT2D eigenvalue weighted by Gasteiger charge is 2.09. The molecule has 0 spiro atoms. The molecular formula is C18H22N2O3. The standard InChI is InChI=1S/C18H22N2O3/c1-13(2)12-18(22)20-19-17(21)11-9-15-8-10-16(23-15)14-6-4-3-5-7-14/h3-8,10,13H,9,11-12H2,1-2H3,(H,19,21)(H,20,22). The van der Waals surface area contributed by atoms with Crippen molar-refractivity contribution in [1.82, 2.24) is 10.9 Å². The molecule has 0 aliphatic rings. The van der Waals surface area contributed by atoms with Crippen LogP contribution in [0.5, 0.6) is 0 Å². The van der Waals surface area contributed by atoms with Crippen molar-refractivity contribution in [2.45, 2.75) is 33.1 Å². The Morgan fingerprint density at radius 1 is 1.00 bits per heavy atom. The smallest absolute Gasteiger partial charge is 0.238 e. The van der Waals surface area contributed by atoms with E-state index in [9.17, 15) is 9.59 Å². The summed E-state index contributed by atoms with van der Waals surface area (Å²) in [4.78, 5) is 23.2. The zero-order chi connectivity index (χ0) is 16.7. The molecule has 2 aromatic rings. The lowest BCUT2D eigenvalue weighted by molar-refractivity contribution is -0.129. The van der Waals surface area contributed by atoms with Gasteiger partial charge in [-0.2, -0.15) is 0 Å². The summed E-state index contributed by atoms with van der Waals surface area (Å²) in [6.45, 7) is 3.89. The van der Waals surface area contributed by atoms with Crippen LogP contribution >= 0.6 is 0 Å². The number of hydrazine groups is 1. The maximum Gasteiger partial charge on any atom is 0.238 e. The average molecular weight is 314 g/mol. The molecule has 0 aliphatic heterocycles. The number of furan rings is 1. The van der Waals surface area contributed by atoms with Gasteiger partial charge in [0, 0.05) is 24.8 Å². The summed E-state index contributed by atoms with van der Waals surface area (Å²) in [5, 5.41) is 0. The van der Waals surface area contributed by atoms with Crippen molar-refractivity contribution in [1.29, 1.82) is 0 Å². The third kappa shape index (κ3) is 5.62. The molecule has 5 heteroatoms. The molecule has 0 aliphatic carbocycles. The SMILES string of the molecule is CC(C)CC(=O)NNC(=O)CCc1ccc(-c2ccccc2)o1. The third-order valence-corrected chi connectivity index (χ3v) is 3.25. The van der Waals surface area contributed by atoms with Crippen LogP contribution in [0.3, 0.4) is 0 Å². The highest BCUT2D eigenvalue weighted by atomic mass is 16.3. The number of carbonyl (C=O) groups is 2. The van der Waals surface area contributed by atoms with Crippen LogP contribution in [0.25, 0.3) is 11.3 Å². The van der Waals surface area contributed by atoms with E-state index in [2.05, 4.69) is 10.9 Å². The van der Waals surface area contributed by atoms with Gasteiger partial charge in [-0.05, 0) is 18.1 Å². The van der Waals surface area contributed by atoms with Gasteiger partial charge in [-0.3, -0.25) is 20.4 Å². The van der Waals surface area contributed by atoms with E-state index in [4.69, 9.17) is 4.42 Å². The Labute approximate surface area is 136 Å². The van der Waals surface area contributed by atoms with Crippen molar-refractivity contribution in [3.8, 4) is 11.3 Å². The Morgan fingerprint density at radius 3 is 2.39 bits per heavy atom. The topological polar surface area (TPSA) is 71.3 Å². The monoisotopic (exact) mass is 314 g/mol. The summed E-state index contributed by atoms with van der Waals surface area (Å²) in [7, 11) is 0. The molecule has 1 heterocycles. The van der Waals surface area contributed by atoms with Crippen LogP contribution in [0.4, 0.5) is 0 Å². The Kier molecular flexibility index (Phi) is 5.97. The van der Waals surface area contributed by atoms with E-state index in [-0.39, 0.29) is 24.2 Å². The fraction of sp³-hybridized carbons (Fsp3) is 0.333. The molecule has 2 rings (SSSR count). The largest absolute Gasteiger partial charge is 0.461 e. The van der Waals surface area contributed by atoms with Gasteiger partial charge in [0.25, 0.3) is 0 Å². The predicted octanol–water partition coefficient (Wildman–Crippen LogP) is 3.07. The van der Waals surface area contributed by atoms with Crippen LogP contribution in [0, 0.1) is 5.92 Å². The molecule has 1 aromatic heterocycles. The normalized spacial score (nSPS) is 10.6. The molecule has 0 bridgehead atoms. The number of carbonyl (C=O) groups excluding carboxylic acids is 2. The molecule has 0 atom stereocenters. The molecule has 122 valence electrons. The Hall–Kier alpha value is -2.56. The predicted molar refractivity (Wildman–Crippen MR) is 88.2 cm³/mol. The van der Waals surface area contributed by atoms with Crippen LogP contribution in [-0.2, 0) is 16.0 Å². The molecule has 2 N–H and O–H groups in total. The summed E-state index contributed by atoms with van der Waals surface area (Å²) in [6.07, 6.45) is 1.13. The second-order valence-electron chi connectivity index (χ2n) is 5.83. The lowest BCUT2D eigenvalue weighted by atomic mass is 10.1. The summed E-state index contributed by atoms with van der Waals surface area (Å²) < 4.78 is 5.73. The van der Waals surface area contributed by atoms with E-state index >= 15 is 0 Å². The van der Waals surface area contributed by atoms with E-state index in [1.165, 1.54) is 0 Å². The summed E-state index contributed by atoms with van der Waals surface area (Å²) in [5.41, 5.74) is 5.83. The van der Waals surface area contributed by atoms with Gasteiger partial charge in [-0.1, -0.05) is 44.2 Å². The number of benzene rings is 1. The van der Waals surface area contributed by atoms with Gasteiger partial charge in [0.05, 0.1) is 0 Å². The van der Waals surface area contributed by atoms with Gasteiger partial charge >= 0.3 is 0 Å². The molecule has 0 radical (unpaired) electrons. The fourth-order valence-electron chi connectivity index (χ4n) is 2.13. The van der Waals surface area contributed by atoms with Crippen molar-refractivity contribution < 1.29 is 14.0 Å². The van der Waals surface area contributed by atoms with E-state index in [1.54, 1.807) is 0 Å². The first-order chi connectivity index (χ1) is 11.0. The molecule has 0 fully saturated rings. The van der Waals surface area contributed by atoms with E-state index < -0.39 is 0 Å². The van der Waals surface area contributed by atoms with Crippen LogP contribution < -0.4 is 10.9 Å². The molecular weight excluding hydrogens is 292 g/mol. The Balaban J connectivity index is 1.77. The van der Waals surface area contributed by atoms with Gasteiger partial charge in [-0.25, -0.2) is 0 Å². The highest BCUT2D eigenvalue weighted by Crippen LogP contribution is 2.22. The van der Waals surface area contributed by atoms with E-state index in [0.29, 0.717) is 12.8 Å². The zero-order valence-corrected chi connectivity index (χ0v) is 13.5. The number of hydrogen-bond acceptors (Lipinski definition) is 3. The minimum atomic E-state index is -0.236. The third-order valence-electron chi connectivity index (χ3n) is 3.25. The minimum absolute atomic E-state index is 0.183. The Bertz CT molecular complexity index is 647. The van der Waals surface area contributed by atoms with Crippen LogP contribution in [-0.4, -0.2) is 11.8 Å². The maximum atomic E-state index is 11.7. The van der Waals surface area contributed by atoms with Crippen molar-refractivity contribution in [2.24, 2.45) is 5.92 Å². The lowest BCUT2D eigenvalue weighted by Crippen LogP contribution is -2.42. The first-order valence-electron chi connectivity index (χ1n) is 7.76. The molecule has 0 saturated carbocycles. The molecule has 23 heavy (non-hydrogen) atoms. The quantitative estimate of drug-likeness (QED) is 0.805. The fourth-order valence-corrected chi connectivity index (χ4v) is 2.13. The maximum absolute atomic E-state index is 11.7. The Morgan fingerprint density at radius 2 is 1.70 bits per heavy atom. The van der Waals surface area contributed by atoms with E-state index in [1.807, 2.05) is 56.3 Å².